The molecule has 48 valence electrons. The standard InChI is InChI=1S/C4H9NO2S/c6-8(7)3-4-1-5-2-4/h4-5H,1-3H2,(H,6,7). The van der Waals surface area contributed by atoms with Crippen molar-refractivity contribution in [1.29, 1.82) is 0 Å². The van der Waals surface area contributed by atoms with Crippen LogP contribution in [0.4, 0.5) is 0 Å². The summed E-state index contributed by atoms with van der Waals surface area (Å²) in [6.45, 7) is 1.82. The average Bonchev–Trinajstić information content (AvgIpc) is 1.55. The lowest BCUT2D eigenvalue weighted by molar-refractivity contribution is 0.376. The predicted molar refractivity (Wildman–Crippen MR) is 32.0 cm³/mol. The highest BCUT2D eigenvalue weighted by Crippen LogP contribution is 2.02. The molecule has 1 unspecified atom stereocenters. The maximum atomic E-state index is 10.1. The summed E-state index contributed by atoms with van der Waals surface area (Å²) >= 11 is -1.58. The van der Waals surface area contributed by atoms with Crippen LogP contribution in [0.15, 0.2) is 0 Å². The van der Waals surface area contributed by atoms with Gasteiger partial charge in [0.15, 0.2) is 11.1 Å². The number of nitrogens with one attached hydrogen (secondary N) is 1. The third-order valence-electron chi connectivity index (χ3n) is 1.24. The van der Waals surface area contributed by atoms with Crippen LogP contribution in [-0.4, -0.2) is 27.6 Å². The van der Waals surface area contributed by atoms with Crippen LogP contribution in [0, 0.1) is 5.92 Å². The highest BCUT2D eigenvalue weighted by molar-refractivity contribution is 7.79. The Morgan fingerprint density at radius 1 is 1.75 bits per heavy atom. The number of hydrogen-bond acceptors (Lipinski definition) is 2. The summed E-state index contributed by atoms with van der Waals surface area (Å²) < 4.78 is 18.4. The van der Waals surface area contributed by atoms with Gasteiger partial charge in [-0.1, -0.05) is 0 Å². The van der Waals surface area contributed by atoms with Crippen LogP contribution in [0.2, 0.25) is 0 Å². The molecule has 1 heterocycles. The molecule has 0 saturated carbocycles. The van der Waals surface area contributed by atoms with Gasteiger partial charge in [-0.25, -0.2) is 4.21 Å². The minimum absolute atomic E-state index is 0.438. The Bertz CT molecular complexity index is 102. The summed E-state index contributed by atoms with van der Waals surface area (Å²) in [7, 11) is 0. The topological polar surface area (TPSA) is 49.3 Å². The monoisotopic (exact) mass is 135 g/mol. The summed E-state index contributed by atoms with van der Waals surface area (Å²) in [6, 6.07) is 0. The van der Waals surface area contributed by atoms with Gasteiger partial charge in [0.1, 0.15) is 0 Å². The summed E-state index contributed by atoms with van der Waals surface area (Å²) in [4.78, 5) is 0. The molecule has 1 fully saturated rings. The normalized spacial score (nSPS) is 24.6. The minimum atomic E-state index is -1.58. The maximum absolute atomic E-state index is 10.1. The fourth-order valence-corrected chi connectivity index (χ4v) is 1.31. The van der Waals surface area contributed by atoms with E-state index in [0.717, 1.165) is 13.1 Å². The van der Waals surface area contributed by atoms with Gasteiger partial charge in [0.25, 0.3) is 0 Å². The predicted octanol–water partition coefficient (Wildman–Crippen LogP) is -0.573. The van der Waals surface area contributed by atoms with E-state index in [1.807, 2.05) is 0 Å². The molecular weight excluding hydrogens is 126 g/mol. The van der Waals surface area contributed by atoms with Crippen molar-refractivity contribution in [2.24, 2.45) is 5.92 Å². The van der Waals surface area contributed by atoms with Gasteiger partial charge in [-0.3, -0.25) is 0 Å². The Labute approximate surface area is 50.8 Å². The lowest BCUT2D eigenvalue weighted by Gasteiger charge is -2.25. The van der Waals surface area contributed by atoms with E-state index in [1.165, 1.54) is 0 Å². The fourth-order valence-electron chi connectivity index (χ4n) is 0.668. The van der Waals surface area contributed by atoms with Gasteiger partial charge in [-0.2, -0.15) is 0 Å². The molecule has 4 heteroatoms. The van der Waals surface area contributed by atoms with Crippen LogP contribution >= 0.6 is 0 Å². The largest absolute Gasteiger partial charge is 0.316 e. The highest BCUT2D eigenvalue weighted by atomic mass is 32.2. The molecule has 0 spiro atoms. The molecule has 0 bridgehead atoms. The SMILES string of the molecule is O=S(O)CC1CNC1. The van der Waals surface area contributed by atoms with Gasteiger partial charge in [0.2, 0.25) is 0 Å². The van der Waals surface area contributed by atoms with E-state index in [0.29, 0.717) is 11.7 Å². The van der Waals surface area contributed by atoms with Crippen LogP contribution in [0.25, 0.3) is 0 Å². The third-order valence-corrected chi connectivity index (χ3v) is 2.00. The summed E-state index contributed by atoms with van der Waals surface area (Å²) in [5, 5.41) is 3.02. The van der Waals surface area contributed by atoms with Gasteiger partial charge in [-0.05, 0) is 5.92 Å². The second kappa shape index (κ2) is 2.57. The van der Waals surface area contributed by atoms with Crippen LogP contribution < -0.4 is 5.32 Å². The van der Waals surface area contributed by atoms with E-state index < -0.39 is 11.1 Å². The highest BCUT2D eigenvalue weighted by Gasteiger charge is 2.17. The Hall–Kier alpha value is 0.0700. The minimum Gasteiger partial charge on any atom is -0.316 e. The quantitative estimate of drug-likeness (QED) is 0.498. The first-order valence-corrected chi connectivity index (χ1v) is 3.85. The van der Waals surface area contributed by atoms with Crippen LogP contribution in [0.1, 0.15) is 0 Å². The van der Waals surface area contributed by atoms with Crippen LogP contribution in [0.5, 0.6) is 0 Å². The van der Waals surface area contributed by atoms with Crippen molar-refractivity contribution < 1.29 is 8.76 Å². The Morgan fingerprint density at radius 3 is 2.50 bits per heavy atom. The molecule has 1 aliphatic heterocycles. The molecule has 0 aromatic heterocycles. The van der Waals surface area contributed by atoms with Crippen LogP contribution in [0.3, 0.4) is 0 Å². The smallest absolute Gasteiger partial charge is 0.153 e. The Kier molecular flexibility index (Phi) is 1.99. The van der Waals surface area contributed by atoms with E-state index in [2.05, 4.69) is 5.32 Å². The summed E-state index contributed by atoms with van der Waals surface area (Å²) in [5.41, 5.74) is 0. The molecule has 0 amide bonds. The van der Waals surface area contributed by atoms with Crippen molar-refractivity contribution in [2.75, 3.05) is 18.8 Å². The Morgan fingerprint density at radius 2 is 2.38 bits per heavy atom. The molecule has 3 nitrogen and oxygen atoms in total. The average molecular weight is 135 g/mol. The summed E-state index contributed by atoms with van der Waals surface area (Å²) in [6.07, 6.45) is 0. The van der Waals surface area contributed by atoms with Crippen molar-refractivity contribution in [2.45, 2.75) is 0 Å². The molecule has 1 saturated heterocycles. The molecule has 0 aromatic carbocycles. The van der Waals surface area contributed by atoms with Crippen molar-refractivity contribution in [3.63, 3.8) is 0 Å². The van der Waals surface area contributed by atoms with Gasteiger partial charge < -0.3 is 9.87 Å². The molecule has 1 atom stereocenters. The molecule has 8 heavy (non-hydrogen) atoms. The van der Waals surface area contributed by atoms with Crippen molar-refractivity contribution in [3.8, 4) is 0 Å². The maximum Gasteiger partial charge on any atom is 0.153 e. The molecule has 1 rings (SSSR count). The van der Waals surface area contributed by atoms with Crippen molar-refractivity contribution in [3.05, 3.63) is 0 Å². The first-order chi connectivity index (χ1) is 3.79. The van der Waals surface area contributed by atoms with E-state index in [1.54, 1.807) is 0 Å². The van der Waals surface area contributed by atoms with Gasteiger partial charge in [0.05, 0.1) is 5.75 Å². The number of rotatable bonds is 2. The van der Waals surface area contributed by atoms with Crippen molar-refractivity contribution >= 4 is 11.1 Å². The lowest BCUT2D eigenvalue weighted by Crippen LogP contribution is -2.44. The van der Waals surface area contributed by atoms with Gasteiger partial charge >= 0.3 is 0 Å². The Balaban J connectivity index is 2.09. The second-order valence-corrected chi connectivity index (χ2v) is 2.99. The van der Waals surface area contributed by atoms with Gasteiger partial charge in [0, 0.05) is 13.1 Å². The van der Waals surface area contributed by atoms with Gasteiger partial charge in [-0.15, -0.1) is 0 Å². The van der Waals surface area contributed by atoms with E-state index in [-0.39, 0.29) is 0 Å². The molecule has 0 aromatic rings. The molecule has 0 aliphatic carbocycles. The van der Waals surface area contributed by atoms with Crippen LogP contribution in [-0.2, 0) is 11.1 Å². The molecular formula is C4H9NO2S. The van der Waals surface area contributed by atoms with E-state index in [9.17, 15) is 4.21 Å². The first kappa shape index (κ1) is 6.19. The zero-order chi connectivity index (χ0) is 5.98. The third kappa shape index (κ3) is 1.54. The zero-order valence-corrected chi connectivity index (χ0v) is 5.28. The molecule has 1 aliphatic rings. The molecule has 2 N–H and O–H groups in total. The fraction of sp³-hybridized carbons (Fsp3) is 1.00. The zero-order valence-electron chi connectivity index (χ0n) is 4.46. The second-order valence-electron chi connectivity index (χ2n) is 2.01. The first-order valence-electron chi connectivity index (χ1n) is 2.57. The molecule has 0 radical (unpaired) electrons. The van der Waals surface area contributed by atoms with E-state index in [4.69, 9.17) is 4.55 Å². The summed E-state index contributed by atoms with van der Waals surface area (Å²) in [5.74, 6) is 0.883. The number of hydrogen-bond donors (Lipinski definition) is 2. The van der Waals surface area contributed by atoms with Crippen molar-refractivity contribution in [1.82, 2.24) is 5.32 Å². The lowest BCUT2D eigenvalue weighted by atomic mass is 10.1. The van der Waals surface area contributed by atoms with E-state index >= 15 is 0 Å².